The molecule has 3 heterocycles. The van der Waals surface area contributed by atoms with E-state index >= 15 is 0 Å². The summed E-state index contributed by atoms with van der Waals surface area (Å²) < 4.78 is 11.5. The molecule has 40 heavy (non-hydrogen) atoms. The summed E-state index contributed by atoms with van der Waals surface area (Å²) in [5.41, 5.74) is 2.78. The lowest BCUT2D eigenvalue weighted by atomic mass is 9.88. The molecule has 3 aliphatic carbocycles. The van der Waals surface area contributed by atoms with Crippen molar-refractivity contribution in [2.45, 2.75) is 44.1 Å². The Morgan fingerprint density at radius 1 is 1.07 bits per heavy atom. The van der Waals surface area contributed by atoms with Crippen LogP contribution in [0.15, 0.2) is 48.9 Å². The number of rotatable bonds is 5. The molecule has 1 aromatic carbocycles. The molecule has 1 aliphatic heterocycles. The third-order valence-corrected chi connectivity index (χ3v) is 11.0. The average molecular weight is 594 g/mol. The third-order valence-electron chi connectivity index (χ3n) is 8.39. The molecule has 1 amide bonds. The van der Waals surface area contributed by atoms with Crippen LogP contribution < -0.4 is 10.2 Å². The first-order chi connectivity index (χ1) is 19.4. The predicted molar refractivity (Wildman–Crippen MR) is 161 cm³/mol. The zero-order valence-corrected chi connectivity index (χ0v) is 24.6. The van der Waals surface area contributed by atoms with E-state index in [0.29, 0.717) is 5.02 Å². The minimum absolute atomic E-state index is 0.138. The SMILES string of the molecule is N#CC1(NC(=O)C2CCC3CC3C2)CC1.O=S1CCN(c2ccc(-c3cnc(-c4cncc(Cl)c4)s3)cc2)CC1. The van der Waals surface area contributed by atoms with Gasteiger partial charge >= 0.3 is 0 Å². The number of benzene rings is 1. The lowest BCUT2D eigenvalue weighted by Crippen LogP contribution is -2.40. The van der Waals surface area contributed by atoms with Crippen molar-refractivity contribution in [1.82, 2.24) is 15.3 Å². The largest absolute Gasteiger partial charge is 0.370 e. The Labute approximate surface area is 246 Å². The summed E-state index contributed by atoms with van der Waals surface area (Å²) in [7, 11) is -0.649. The molecule has 208 valence electrons. The molecule has 3 unspecified atom stereocenters. The molecule has 3 atom stereocenters. The first-order valence-corrected chi connectivity index (χ1v) is 16.6. The highest BCUT2D eigenvalue weighted by Gasteiger charge is 2.48. The van der Waals surface area contributed by atoms with Crippen molar-refractivity contribution in [3.63, 3.8) is 0 Å². The number of carbonyl (C=O) groups excluding carboxylic acids is 1. The monoisotopic (exact) mass is 593 g/mol. The molecule has 10 heteroatoms. The van der Waals surface area contributed by atoms with Crippen LogP contribution in [0.4, 0.5) is 5.69 Å². The number of nitrogens with one attached hydrogen (secondary N) is 1. The predicted octanol–water partition coefficient (Wildman–Crippen LogP) is 5.69. The van der Waals surface area contributed by atoms with E-state index in [1.165, 1.54) is 18.5 Å². The van der Waals surface area contributed by atoms with E-state index in [9.17, 15) is 9.00 Å². The van der Waals surface area contributed by atoms with E-state index in [4.69, 9.17) is 16.9 Å². The fourth-order valence-corrected chi connectivity index (χ4v) is 7.75. The smallest absolute Gasteiger partial charge is 0.224 e. The van der Waals surface area contributed by atoms with Crippen molar-refractivity contribution in [3.8, 4) is 27.1 Å². The zero-order valence-electron chi connectivity index (χ0n) is 22.2. The number of amides is 1. The Kier molecular flexibility index (Phi) is 7.93. The maximum atomic E-state index is 11.9. The highest BCUT2D eigenvalue weighted by atomic mass is 35.5. The van der Waals surface area contributed by atoms with Crippen LogP contribution in [-0.4, -0.2) is 50.2 Å². The van der Waals surface area contributed by atoms with Crippen LogP contribution in [0.3, 0.4) is 0 Å². The van der Waals surface area contributed by atoms with E-state index in [1.54, 1.807) is 23.7 Å². The summed E-state index contributed by atoms with van der Waals surface area (Å²) in [4.78, 5) is 23.9. The van der Waals surface area contributed by atoms with Gasteiger partial charge in [-0.2, -0.15) is 5.26 Å². The van der Waals surface area contributed by atoms with Crippen molar-refractivity contribution < 1.29 is 9.00 Å². The summed E-state index contributed by atoms with van der Waals surface area (Å²) >= 11 is 7.64. The molecular weight excluding hydrogens is 562 g/mol. The molecule has 1 saturated heterocycles. The van der Waals surface area contributed by atoms with Gasteiger partial charge in [-0.15, -0.1) is 11.3 Å². The van der Waals surface area contributed by atoms with Gasteiger partial charge in [-0.25, -0.2) is 4.98 Å². The number of anilines is 1. The van der Waals surface area contributed by atoms with Gasteiger partial charge in [0.1, 0.15) is 10.5 Å². The number of fused-ring (bicyclic) bond motifs is 1. The fraction of sp³-hybridized carbons (Fsp3) is 0.467. The summed E-state index contributed by atoms with van der Waals surface area (Å²) in [6.45, 7) is 1.72. The maximum absolute atomic E-state index is 11.9. The van der Waals surface area contributed by atoms with E-state index < -0.39 is 16.3 Å². The van der Waals surface area contributed by atoms with Crippen LogP contribution in [0.1, 0.15) is 38.5 Å². The van der Waals surface area contributed by atoms with Crippen molar-refractivity contribution in [2.24, 2.45) is 17.8 Å². The highest BCUT2D eigenvalue weighted by molar-refractivity contribution is 7.85. The summed E-state index contributed by atoms with van der Waals surface area (Å²) in [5, 5.41) is 13.3. The number of nitriles is 1. The van der Waals surface area contributed by atoms with Gasteiger partial charge in [0.15, 0.2) is 0 Å². The van der Waals surface area contributed by atoms with Crippen LogP contribution in [0.2, 0.25) is 5.02 Å². The number of aromatic nitrogens is 2. The average Bonchev–Trinajstić information content (AvgIpc) is 3.89. The van der Waals surface area contributed by atoms with Gasteiger partial charge in [0.25, 0.3) is 0 Å². The van der Waals surface area contributed by atoms with Crippen molar-refractivity contribution in [2.75, 3.05) is 29.5 Å². The standard InChI is InChI=1S/C18H16ClN3OS2.C12H16N2O/c19-15-9-14(10-20-11-15)18-21-12-17(24-18)13-1-3-16(4-2-13)22-5-7-25(23)8-6-22;13-7-12(3-4-12)14-11(15)9-2-1-8-5-10(8)6-9/h1-4,9-12H,5-8H2;8-10H,1-6H2,(H,14,15). The number of hydrogen-bond acceptors (Lipinski definition) is 7. The zero-order chi connectivity index (χ0) is 27.7. The Hall–Kier alpha value is -2.80. The Bertz CT molecular complexity index is 1440. The summed E-state index contributed by atoms with van der Waals surface area (Å²) in [5.74, 6) is 3.60. The Balaban J connectivity index is 0.000000164. The highest BCUT2D eigenvalue weighted by Crippen LogP contribution is 2.51. The number of hydrogen-bond donors (Lipinski definition) is 1. The second-order valence-electron chi connectivity index (χ2n) is 11.3. The number of thiazole rings is 1. The molecule has 7 nitrogen and oxygen atoms in total. The first kappa shape index (κ1) is 27.4. The van der Waals surface area contributed by atoms with Crippen LogP contribution in [0.5, 0.6) is 0 Å². The van der Waals surface area contributed by atoms with Gasteiger partial charge in [-0.05, 0) is 74.1 Å². The van der Waals surface area contributed by atoms with Crippen LogP contribution >= 0.6 is 22.9 Å². The maximum Gasteiger partial charge on any atom is 0.224 e. The van der Waals surface area contributed by atoms with Crippen molar-refractivity contribution in [1.29, 1.82) is 5.26 Å². The second kappa shape index (κ2) is 11.6. The molecule has 0 spiro atoms. The number of nitrogens with zero attached hydrogens (tertiary/aromatic N) is 4. The van der Waals surface area contributed by atoms with Crippen LogP contribution in [0.25, 0.3) is 21.0 Å². The number of carbonyl (C=O) groups is 1. The summed E-state index contributed by atoms with van der Waals surface area (Å²) in [6, 6.07) is 12.6. The van der Waals surface area contributed by atoms with Gasteiger partial charge in [-0.1, -0.05) is 23.7 Å². The molecule has 2 aromatic heterocycles. The van der Waals surface area contributed by atoms with E-state index in [2.05, 4.69) is 50.5 Å². The number of pyridine rings is 1. The van der Waals surface area contributed by atoms with Gasteiger partial charge < -0.3 is 10.2 Å². The minimum Gasteiger partial charge on any atom is -0.370 e. The number of halogens is 1. The van der Waals surface area contributed by atoms with Crippen molar-refractivity contribution in [3.05, 3.63) is 53.9 Å². The molecular formula is C30H32ClN5O2S2. The second-order valence-corrected chi connectivity index (χ2v) is 14.4. The van der Waals surface area contributed by atoms with Crippen LogP contribution in [-0.2, 0) is 15.6 Å². The normalized spacial score (nSPS) is 24.6. The quantitative estimate of drug-likeness (QED) is 0.408. The lowest BCUT2D eigenvalue weighted by Gasteiger charge is -2.28. The molecule has 0 radical (unpaired) electrons. The molecule has 0 bridgehead atoms. The van der Waals surface area contributed by atoms with E-state index in [-0.39, 0.29) is 11.8 Å². The molecule has 4 fully saturated rings. The van der Waals surface area contributed by atoms with Gasteiger partial charge in [-0.3, -0.25) is 14.0 Å². The fourth-order valence-electron chi connectivity index (χ4n) is 5.62. The van der Waals surface area contributed by atoms with E-state index in [0.717, 1.165) is 83.1 Å². The van der Waals surface area contributed by atoms with E-state index in [1.807, 2.05) is 12.3 Å². The Morgan fingerprint density at radius 3 is 2.52 bits per heavy atom. The van der Waals surface area contributed by atoms with Gasteiger partial charge in [0.2, 0.25) is 5.91 Å². The molecule has 1 N–H and O–H groups in total. The van der Waals surface area contributed by atoms with Gasteiger partial charge in [0, 0.05) is 71.2 Å². The van der Waals surface area contributed by atoms with Crippen LogP contribution in [0, 0.1) is 29.1 Å². The topological polar surface area (TPSA) is 99.0 Å². The minimum atomic E-state index is -0.649. The molecule has 4 aliphatic rings. The van der Waals surface area contributed by atoms with Gasteiger partial charge in [0.05, 0.1) is 16.0 Å². The molecule has 3 saturated carbocycles. The lowest BCUT2D eigenvalue weighted by molar-refractivity contribution is -0.126. The Morgan fingerprint density at radius 2 is 1.85 bits per heavy atom. The third kappa shape index (κ3) is 6.40. The molecule has 3 aromatic rings. The molecule has 7 rings (SSSR count). The summed E-state index contributed by atoms with van der Waals surface area (Å²) in [6.07, 6.45) is 11.6. The van der Waals surface area contributed by atoms with Crippen molar-refractivity contribution >= 4 is 45.3 Å². The first-order valence-electron chi connectivity index (χ1n) is 13.9.